The molecule has 3 atom stereocenters. The minimum Gasteiger partial charge on any atom is -0.396 e. The zero-order chi connectivity index (χ0) is 12.1. The van der Waals surface area contributed by atoms with Gasteiger partial charge in [-0.1, -0.05) is 13.8 Å². The van der Waals surface area contributed by atoms with Crippen molar-refractivity contribution in [2.75, 3.05) is 13.2 Å². The first-order valence-electron chi connectivity index (χ1n) is 6.21. The van der Waals surface area contributed by atoms with Gasteiger partial charge in [-0.25, -0.2) is 0 Å². The van der Waals surface area contributed by atoms with Gasteiger partial charge in [0.05, 0.1) is 5.92 Å². The van der Waals surface area contributed by atoms with Crippen LogP contribution in [0.15, 0.2) is 0 Å². The van der Waals surface area contributed by atoms with Crippen molar-refractivity contribution in [2.24, 2.45) is 11.8 Å². The van der Waals surface area contributed by atoms with E-state index in [4.69, 9.17) is 5.11 Å². The Morgan fingerprint density at radius 3 is 2.69 bits per heavy atom. The van der Waals surface area contributed by atoms with Crippen molar-refractivity contribution in [1.82, 2.24) is 10.6 Å². The molecule has 0 aromatic carbocycles. The first-order chi connectivity index (χ1) is 7.56. The third-order valence-electron chi connectivity index (χ3n) is 3.43. The molecule has 0 aromatic rings. The van der Waals surface area contributed by atoms with Crippen LogP contribution in [-0.2, 0) is 4.79 Å². The fourth-order valence-corrected chi connectivity index (χ4v) is 2.22. The highest BCUT2D eigenvalue weighted by molar-refractivity contribution is 5.80. The molecule has 1 heterocycles. The molecule has 0 bridgehead atoms. The molecule has 0 spiro atoms. The van der Waals surface area contributed by atoms with Gasteiger partial charge in [0, 0.05) is 18.7 Å². The summed E-state index contributed by atoms with van der Waals surface area (Å²) < 4.78 is 0. The standard InChI is InChI=1S/C12H24N2O2/c1-8(2)11(5-7-15)14-12(16)10-4-6-13-9(10)3/h8-11,13,15H,4-7H2,1-3H3,(H,14,16). The summed E-state index contributed by atoms with van der Waals surface area (Å²) in [5, 5.41) is 15.3. The van der Waals surface area contributed by atoms with E-state index in [1.54, 1.807) is 0 Å². The van der Waals surface area contributed by atoms with Crippen LogP contribution in [0.1, 0.15) is 33.6 Å². The topological polar surface area (TPSA) is 61.4 Å². The molecule has 1 aliphatic heterocycles. The van der Waals surface area contributed by atoms with Gasteiger partial charge in [-0.05, 0) is 32.2 Å². The van der Waals surface area contributed by atoms with Gasteiger partial charge in [0.25, 0.3) is 0 Å². The van der Waals surface area contributed by atoms with Gasteiger partial charge in [-0.15, -0.1) is 0 Å². The maximum Gasteiger partial charge on any atom is 0.224 e. The van der Waals surface area contributed by atoms with Crippen LogP contribution in [0.4, 0.5) is 0 Å². The maximum atomic E-state index is 12.0. The minimum atomic E-state index is 0.0833. The summed E-state index contributed by atoms with van der Waals surface area (Å²) in [6.07, 6.45) is 1.55. The minimum absolute atomic E-state index is 0.0833. The van der Waals surface area contributed by atoms with E-state index in [2.05, 4.69) is 24.5 Å². The van der Waals surface area contributed by atoms with Gasteiger partial charge in [0.2, 0.25) is 5.91 Å². The molecule has 0 aromatic heterocycles. The third kappa shape index (κ3) is 3.46. The second-order valence-electron chi connectivity index (χ2n) is 5.01. The van der Waals surface area contributed by atoms with Crippen LogP contribution in [0.5, 0.6) is 0 Å². The number of nitrogens with one attached hydrogen (secondary N) is 2. The van der Waals surface area contributed by atoms with Crippen molar-refractivity contribution in [1.29, 1.82) is 0 Å². The van der Waals surface area contributed by atoms with Crippen LogP contribution >= 0.6 is 0 Å². The number of carbonyl (C=O) groups excluding carboxylic acids is 1. The molecule has 3 N–H and O–H groups in total. The summed E-state index contributed by atoms with van der Waals surface area (Å²) in [6.45, 7) is 7.23. The highest BCUT2D eigenvalue weighted by Gasteiger charge is 2.30. The summed E-state index contributed by atoms with van der Waals surface area (Å²) in [5.41, 5.74) is 0. The molecular formula is C12H24N2O2. The number of carbonyl (C=O) groups is 1. The predicted octanol–water partition coefficient (Wildman–Crippen LogP) is 0.508. The van der Waals surface area contributed by atoms with E-state index in [1.807, 2.05) is 6.92 Å². The van der Waals surface area contributed by atoms with Crippen LogP contribution in [0, 0.1) is 11.8 Å². The van der Waals surface area contributed by atoms with Crippen molar-refractivity contribution < 1.29 is 9.90 Å². The molecule has 4 heteroatoms. The average Bonchev–Trinajstić information content (AvgIpc) is 2.63. The maximum absolute atomic E-state index is 12.0. The lowest BCUT2D eigenvalue weighted by Crippen LogP contribution is -2.44. The number of rotatable bonds is 5. The number of hydrogen-bond donors (Lipinski definition) is 3. The Morgan fingerprint density at radius 2 is 2.25 bits per heavy atom. The zero-order valence-corrected chi connectivity index (χ0v) is 10.5. The lowest BCUT2D eigenvalue weighted by atomic mass is 9.97. The van der Waals surface area contributed by atoms with E-state index in [0.29, 0.717) is 12.3 Å². The average molecular weight is 228 g/mol. The molecule has 1 amide bonds. The molecule has 1 aliphatic rings. The monoisotopic (exact) mass is 228 g/mol. The quantitative estimate of drug-likeness (QED) is 0.642. The molecule has 0 saturated carbocycles. The van der Waals surface area contributed by atoms with Crippen LogP contribution in [0.2, 0.25) is 0 Å². The molecule has 1 fully saturated rings. The summed E-state index contributed by atoms with van der Waals surface area (Å²) >= 11 is 0. The Labute approximate surface area is 97.8 Å². The molecule has 4 nitrogen and oxygen atoms in total. The first kappa shape index (κ1) is 13.5. The first-order valence-corrected chi connectivity index (χ1v) is 6.21. The summed E-state index contributed by atoms with van der Waals surface area (Å²) in [7, 11) is 0. The largest absolute Gasteiger partial charge is 0.396 e. The summed E-state index contributed by atoms with van der Waals surface area (Å²) in [5.74, 6) is 0.574. The number of amides is 1. The van der Waals surface area contributed by atoms with Crippen LogP contribution in [-0.4, -0.2) is 36.2 Å². The molecule has 0 radical (unpaired) electrons. The van der Waals surface area contributed by atoms with Crippen LogP contribution < -0.4 is 10.6 Å². The highest BCUT2D eigenvalue weighted by Crippen LogP contribution is 2.16. The van der Waals surface area contributed by atoms with Gasteiger partial charge >= 0.3 is 0 Å². The Bertz CT molecular complexity index is 231. The predicted molar refractivity (Wildman–Crippen MR) is 64.0 cm³/mol. The smallest absolute Gasteiger partial charge is 0.224 e. The zero-order valence-electron chi connectivity index (χ0n) is 10.5. The van der Waals surface area contributed by atoms with E-state index in [0.717, 1.165) is 13.0 Å². The Kier molecular flexibility index (Phi) is 5.22. The molecule has 94 valence electrons. The van der Waals surface area contributed by atoms with E-state index in [1.165, 1.54) is 0 Å². The van der Waals surface area contributed by atoms with E-state index < -0.39 is 0 Å². The number of aliphatic hydroxyl groups is 1. The molecule has 1 saturated heterocycles. The van der Waals surface area contributed by atoms with Gasteiger partial charge in [-0.3, -0.25) is 4.79 Å². The van der Waals surface area contributed by atoms with Crippen LogP contribution in [0.25, 0.3) is 0 Å². The lowest BCUT2D eigenvalue weighted by molar-refractivity contribution is -0.126. The van der Waals surface area contributed by atoms with Gasteiger partial charge in [-0.2, -0.15) is 0 Å². The fourth-order valence-electron chi connectivity index (χ4n) is 2.22. The lowest BCUT2D eigenvalue weighted by Gasteiger charge is -2.24. The van der Waals surface area contributed by atoms with Crippen molar-refractivity contribution in [2.45, 2.75) is 45.7 Å². The summed E-state index contributed by atoms with van der Waals surface area (Å²) in [6, 6.07) is 0.354. The second-order valence-corrected chi connectivity index (χ2v) is 5.01. The van der Waals surface area contributed by atoms with Crippen molar-refractivity contribution in [3.8, 4) is 0 Å². The molecule has 1 rings (SSSR count). The Balaban J connectivity index is 2.47. The van der Waals surface area contributed by atoms with E-state index in [-0.39, 0.29) is 30.5 Å². The van der Waals surface area contributed by atoms with Crippen molar-refractivity contribution in [3.63, 3.8) is 0 Å². The van der Waals surface area contributed by atoms with Gasteiger partial charge < -0.3 is 15.7 Å². The molecule has 3 unspecified atom stereocenters. The number of aliphatic hydroxyl groups excluding tert-OH is 1. The fraction of sp³-hybridized carbons (Fsp3) is 0.917. The summed E-state index contributed by atoms with van der Waals surface area (Å²) in [4.78, 5) is 12.0. The van der Waals surface area contributed by atoms with Gasteiger partial charge in [0.15, 0.2) is 0 Å². The van der Waals surface area contributed by atoms with Gasteiger partial charge in [0.1, 0.15) is 0 Å². The normalized spacial score (nSPS) is 27.1. The second kappa shape index (κ2) is 6.21. The third-order valence-corrected chi connectivity index (χ3v) is 3.43. The van der Waals surface area contributed by atoms with Crippen molar-refractivity contribution >= 4 is 5.91 Å². The Morgan fingerprint density at radius 1 is 1.56 bits per heavy atom. The number of hydrogen-bond acceptors (Lipinski definition) is 3. The van der Waals surface area contributed by atoms with E-state index >= 15 is 0 Å². The molecular weight excluding hydrogens is 204 g/mol. The van der Waals surface area contributed by atoms with E-state index in [9.17, 15) is 4.79 Å². The van der Waals surface area contributed by atoms with Crippen LogP contribution in [0.3, 0.4) is 0 Å². The molecule has 0 aliphatic carbocycles. The van der Waals surface area contributed by atoms with Crippen molar-refractivity contribution in [3.05, 3.63) is 0 Å². The SMILES string of the molecule is CC(C)C(CCO)NC(=O)C1CCNC1C. The highest BCUT2D eigenvalue weighted by atomic mass is 16.3. The molecule has 16 heavy (non-hydrogen) atoms. The Hall–Kier alpha value is -0.610.